The van der Waals surface area contributed by atoms with Gasteiger partial charge in [0.2, 0.25) is 0 Å². The molecule has 0 spiro atoms. The first-order chi connectivity index (χ1) is 8.72. The lowest BCUT2D eigenvalue weighted by molar-refractivity contribution is 0.0525. The Bertz CT molecular complexity index is 424. The van der Waals surface area contributed by atoms with Gasteiger partial charge in [-0.25, -0.2) is 9.97 Å². The summed E-state index contributed by atoms with van der Waals surface area (Å²) in [6.45, 7) is 4.52. The van der Waals surface area contributed by atoms with E-state index >= 15 is 0 Å². The first-order valence-corrected chi connectivity index (χ1v) is 6.60. The van der Waals surface area contributed by atoms with Gasteiger partial charge < -0.3 is 15.4 Å². The summed E-state index contributed by atoms with van der Waals surface area (Å²) in [5.74, 6) is 0.773. The lowest BCUT2D eigenvalue weighted by Gasteiger charge is -2.33. The molecule has 0 aliphatic carbocycles. The number of nitrogens with zero attached hydrogens (tertiary/aromatic N) is 3. The number of anilines is 1. The van der Waals surface area contributed by atoms with E-state index in [0.717, 1.165) is 38.4 Å². The first-order valence-electron chi connectivity index (χ1n) is 6.19. The van der Waals surface area contributed by atoms with Gasteiger partial charge in [-0.2, -0.15) is 0 Å². The molecule has 1 saturated heterocycles. The molecule has 2 N–H and O–H groups in total. The van der Waals surface area contributed by atoms with Crippen molar-refractivity contribution in [2.24, 2.45) is 5.73 Å². The molecule has 0 amide bonds. The second-order valence-electron chi connectivity index (χ2n) is 4.26. The Hall–Kier alpha value is -1.27. The Kier molecular flexibility index (Phi) is 4.43. The molecule has 1 aromatic rings. The Morgan fingerprint density at radius 3 is 3.06 bits per heavy atom. The Labute approximate surface area is 112 Å². The zero-order valence-electron chi connectivity index (χ0n) is 10.5. The van der Waals surface area contributed by atoms with Crippen LogP contribution in [-0.4, -0.2) is 40.8 Å². The molecule has 0 radical (unpaired) electrons. The number of nitrogens with two attached hydrogens (primary N) is 1. The van der Waals surface area contributed by atoms with Gasteiger partial charge in [0.15, 0.2) is 5.82 Å². The largest absolute Gasteiger partial charge is 0.388 e. The molecule has 0 saturated carbocycles. The van der Waals surface area contributed by atoms with Crippen LogP contribution in [0.25, 0.3) is 0 Å². The van der Waals surface area contributed by atoms with E-state index in [4.69, 9.17) is 22.7 Å². The highest BCUT2D eigenvalue weighted by Crippen LogP contribution is 2.21. The molecule has 1 unspecified atom stereocenters. The quantitative estimate of drug-likeness (QED) is 0.824. The van der Waals surface area contributed by atoms with Gasteiger partial charge in [0.1, 0.15) is 10.7 Å². The van der Waals surface area contributed by atoms with Gasteiger partial charge in [-0.05, 0) is 19.8 Å². The Balaban J connectivity index is 2.18. The number of ether oxygens (including phenoxy) is 1. The highest BCUT2D eigenvalue weighted by atomic mass is 32.1. The van der Waals surface area contributed by atoms with E-state index in [-0.39, 0.29) is 11.1 Å². The predicted molar refractivity (Wildman–Crippen MR) is 74.8 cm³/mol. The molecule has 6 heteroatoms. The predicted octanol–water partition coefficient (Wildman–Crippen LogP) is 1.12. The van der Waals surface area contributed by atoms with Crippen LogP contribution in [0.5, 0.6) is 0 Å². The lowest BCUT2D eigenvalue weighted by atomic mass is 10.1. The van der Waals surface area contributed by atoms with Gasteiger partial charge in [-0.15, -0.1) is 0 Å². The van der Waals surface area contributed by atoms with Crippen LogP contribution in [0.4, 0.5) is 5.82 Å². The van der Waals surface area contributed by atoms with E-state index in [0.29, 0.717) is 5.69 Å². The molecule has 1 aliphatic heterocycles. The van der Waals surface area contributed by atoms with Crippen LogP contribution in [0.3, 0.4) is 0 Å². The average molecular weight is 266 g/mol. The van der Waals surface area contributed by atoms with E-state index in [1.165, 1.54) is 0 Å². The third kappa shape index (κ3) is 2.94. The third-order valence-electron chi connectivity index (χ3n) is 2.99. The smallest absolute Gasteiger partial charge is 0.157 e. The minimum atomic E-state index is 0.255. The molecule has 98 valence electrons. The summed E-state index contributed by atoms with van der Waals surface area (Å²) in [6.07, 6.45) is 5.71. The SMILES string of the molecule is CCOC1CCCN(c2nccnc2C(N)=S)C1. The summed E-state index contributed by atoms with van der Waals surface area (Å²) < 4.78 is 5.68. The number of rotatable bonds is 4. The van der Waals surface area contributed by atoms with E-state index in [1.54, 1.807) is 12.4 Å². The maximum atomic E-state index is 5.69. The molecular weight excluding hydrogens is 248 g/mol. The van der Waals surface area contributed by atoms with Crippen molar-refractivity contribution in [3.63, 3.8) is 0 Å². The zero-order valence-corrected chi connectivity index (χ0v) is 11.3. The lowest BCUT2D eigenvalue weighted by Crippen LogP contribution is -2.41. The van der Waals surface area contributed by atoms with E-state index in [9.17, 15) is 0 Å². The highest BCUT2D eigenvalue weighted by molar-refractivity contribution is 7.80. The van der Waals surface area contributed by atoms with Crippen molar-refractivity contribution in [2.45, 2.75) is 25.9 Å². The number of thiocarbonyl (C=S) groups is 1. The standard InChI is InChI=1S/C12H18N4OS/c1-2-17-9-4-3-7-16(8-9)12-10(11(13)18)14-5-6-15-12/h5-6,9H,2-4,7-8H2,1H3,(H2,13,18). The minimum absolute atomic E-state index is 0.255. The van der Waals surface area contributed by atoms with E-state index in [1.807, 2.05) is 6.92 Å². The summed E-state index contributed by atoms with van der Waals surface area (Å²) >= 11 is 5.02. The zero-order chi connectivity index (χ0) is 13.0. The summed E-state index contributed by atoms with van der Waals surface area (Å²) in [5, 5.41) is 0. The average Bonchev–Trinajstić information content (AvgIpc) is 2.39. The molecule has 1 fully saturated rings. The molecule has 5 nitrogen and oxygen atoms in total. The van der Waals surface area contributed by atoms with Crippen molar-refractivity contribution >= 4 is 23.0 Å². The number of aromatic nitrogens is 2. The van der Waals surface area contributed by atoms with Crippen LogP contribution in [-0.2, 0) is 4.74 Å². The monoisotopic (exact) mass is 266 g/mol. The molecular formula is C12H18N4OS. The van der Waals surface area contributed by atoms with Gasteiger partial charge >= 0.3 is 0 Å². The van der Waals surface area contributed by atoms with Crippen molar-refractivity contribution in [1.82, 2.24) is 9.97 Å². The van der Waals surface area contributed by atoms with Crippen molar-refractivity contribution in [3.8, 4) is 0 Å². The molecule has 1 aliphatic rings. The van der Waals surface area contributed by atoms with Crippen molar-refractivity contribution in [3.05, 3.63) is 18.1 Å². The number of piperidine rings is 1. The molecule has 1 atom stereocenters. The Morgan fingerprint density at radius 1 is 1.56 bits per heavy atom. The maximum Gasteiger partial charge on any atom is 0.157 e. The Morgan fingerprint density at radius 2 is 2.33 bits per heavy atom. The van der Waals surface area contributed by atoms with Gasteiger partial charge in [-0.3, -0.25) is 0 Å². The fourth-order valence-electron chi connectivity index (χ4n) is 2.24. The fourth-order valence-corrected chi connectivity index (χ4v) is 2.38. The van der Waals surface area contributed by atoms with Crippen molar-refractivity contribution in [1.29, 1.82) is 0 Å². The summed E-state index contributed by atoms with van der Waals surface area (Å²) in [7, 11) is 0. The van der Waals surface area contributed by atoms with E-state index < -0.39 is 0 Å². The molecule has 0 aromatic carbocycles. The fraction of sp³-hybridized carbons (Fsp3) is 0.583. The molecule has 2 heterocycles. The van der Waals surface area contributed by atoms with E-state index in [2.05, 4.69) is 14.9 Å². The van der Waals surface area contributed by atoms with Gasteiger partial charge in [-0.1, -0.05) is 12.2 Å². The van der Waals surface area contributed by atoms with Gasteiger partial charge in [0, 0.05) is 32.1 Å². The molecule has 2 rings (SSSR count). The van der Waals surface area contributed by atoms with Crippen molar-refractivity contribution in [2.75, 3.05) is 24.6 Å². The molecule has 18 heavy (non-hydrogen) atoms. The highest BCUT2D eigenvalue weighted by Gasteiger charge is 2.23. The van der Waals surface area contributed by atoms with Crippen molar-refractivity contribution < 1.29 is 4.74 Å². The minimum Gasteiger partial charge on any atom is -0.388 e. The summed E-state index contributed by atoms with van der Waals surface area (Å²) in [5.41, 5.74) is 6.29. The van der Waals surface area contributed by atoms with Crippen LogP contribution in [0.1, 0.15) is 25.5 Å². The second kappa shape index (κ2) is 6.06. The maximum absolute atomic E-state index is 5.69. The summed E-state index contributed by atoms with van der Waals surface area (Å²) in [6, 6.07) is 0. The van der Waals surface area contributed by atoms with Crippen LogP contribution in [0.2, 0.25) is 0 Å². The topological polar surface area (TPSA) is 64.3 Å². The number of hydrogen-bond donors (Lipinski definition) is 1. The van der Waals surface area contributed by atoms with Crippen LogP contribution in [0.15, 0.2) is 12.4 Å². The van der Waals surface area contributed by atoms with Gasteiger partial charge in [0.25, 0.3) is 0 Å². The second-order valence-corrected chi connectivity index (χ2v) is 4.70. The third-order valence-corrected chi connectivity index (χ3v) is 3.19. The van der Waals surface area contributed by atoms with Crippen LogP contribution < -0.4 is 10.6 Å². The first kappa shape index (κ1) is 13.2. The summed E-state index contributed by atoms with van der Waals surface area (Å²) in [4.78, 5) is 11.0. The number of hydrogen-bond acceptors (Lipinski definition) is 5. The normalized spacial score (nSPS) is 19.8. The van der Waals surface area contributed by atoms with Crippen LogP contribution >= 0.6 is 12.2 Å². The van der Waals surface area contributed by atoms with Crippen LogP contribution in [0, 0.1) is 0 Å². The van der Waals surface area contributed by atoms with Gasteiger partial charge in [0.05, 0.1) is 6.10 Å². The molecule has 1 aromatic heterocycles. The molecule has 0 bridgehead atoms.